The van der Waals surface area contributed by atoms with Crippen LogP contribution in [0.2, 0.25) is 0 Å². The van der Waals surface area contributed by atoms with Gasteiger partial charge in [0, 0.05) is 25.0 Å². The van der Waals surface area contributed by atoms with Crippen molar-refractivity contribution in [3.05, 3.63) is 23.9 Å². The lowest BCUT2D eigenvalue weighted by Gasteiger charge is -2.07. The molecule has 0 spiro atoms. The molecule has 1 aliphatic heterocycles. The highest BCUT2D eigenvalue weighted by Crippen LogP contribution is 2.30. The van der Waals surface area contributed by atoms with Gasteiger partial charge in [-0.25, -0.2) is 0 Å². The maximum Gasteiger partial charge on any atom is 0.302 e. The molecule has 0 radical (unpaired) electrons. The van der Waals surface area contributed by atoms with E-state index in [1.165, 1.54) is 6.92 Å². The van der Waals surface area contributed by atoms with Crippen molar-refractivity contribution in [2.75, 3.05) is 11.9 Å². The number of aromatic nitrogens is 2. The molecule has 1 fully saturated rings. The van der Waals surface area contributed by atoms with E-state index in [1.807, 2.05) is 0 Å². The molecule has 2 atom stereocenters. The Morgan fingerprint density at radius 2 is 2.30 bits per heavy atom. The van der Waals surface area contributed by atoms with Gasteiger partial charge >= 0.3 is 5.97 Å². The predicted molar refractivity (Wildman–Crippen MR) is 70.9 cm³/mol. The maximum atomic E-state index is 11.5. The van der Waals surface area contributed by atoms with Crippen molar-refractivity contribution in [2.24, 2.45) is 0 Å². The minimum Gasteiger partial charge on any atom is -0.460 e. The van der Waals surface area contributed by atoms with E-state index in [4.69, 9.17) is 9.47 Å². The van der Waals surface area contributed by atoms with Gasteiger partial charge in [-0.2, -0.15) is 5.10 Å². The lowest BCUT2D eigenvalue weighted by atomic mass is 10.1. The van der Waals surface area contributed by atoms with Crippen LogP contribution in [-0.2, 0) is 19.1 Å². The van der Waals surface area contributed by atoms with E-state index >= 15 is 0 Å². The third kappa shape index (κ3) is 3.45. The molecule has 0 bridgehead atoms. The molecule has 1 amide bonds. The van der Waals surface area contributed by atoms with Gasteiger partial charge in [-0.15, -0.1) is 0 Å². The average molecular weight is 279 g/mol. The molecule has 2 rings (SSSR count). The molecule has 0 saturated carbocycles. The summed E-state index contributed by atoms with van der Waals surface area (Å²) in [5, 5.41) is 9.40. The zero-order chi connectivity index (χ0) is 14.7. The summed E-state index contributed by atoms with van der Waals surface area (Å²) in [6.45, 7) is 6.90. The Hall–Kier alpha value is -2.15. The SMILES string of the molecule is C=C(C)C(=O)Nc1cc(C2CC(OC(C)=O)CO2)[nH]n1. The highest BCUT2D eigenvalue weighted by Gasteiger charge is 2.30. The molecule has 1 aromatic rings. The van der Waals surface area contributed by atoms with E-state index in [9.17, 15) is 9.59 Å². The van der Waals surface area contributed by atoms with Crippen LogP contribution in [0.4, 0.5) is 5.82 Å². The van der Waals surface area contributed by atoms with Crippen molar-refractivity contribution in [1.82, 2.24) is 10.2 Å². The number of nitrogens with zero attached hydrogens (tertiary/aromatic N) is 1. The molecule has 1 aliphatic rings. The lowest BCUT2D eigenvalue weighted by molar-refractivity contribution is -0.146. The first-order valence-electron chi connectivity index (χ1n) is 6.26. The Balaban J connectivity index is 1.94. The lowest BCUT2D eigenvalue weighted by Crippen LogP contribution is -2.15. The molecule has 0 aliphatic carbocycles. The summed E-state index contributed by atoms with van der Waals surface area (Å²) in [6, 6.07) is 1.70. The van der Waals surface area contributed by atoms with E-state index in [0.717, 1.165) is 5.69 Å². The smallest absolute Gasteiger partial charge is 0.302 e. The first-order valence-corrected chi connectivity index (χ1v) is 6.26. The standard InChI is InChI=1S/C13H17N3O4/c1-7(2)13(18)14-12-5-10(15-16-12)11-4-9(6-19-11)20-8(3)17/h5,9,11H,1,4,6H2,2-3H3,(H2,14,15,16,18). The Bertz CT molecular complexity index is 537. The van der Waals surface area contributed by atoms with Gasteiger partial charge in [-0.05, 0) is 6.92 Å². The summed E-state index contributed by atoms with van der Waals surface area (Å²) in [4.78, 5) is 22.3. The van der Waals surface area contributed by atoms with Crippen molar-refractivity contribution in [3.8, 4) is 0 Å². The number of carbonyl (C=O) groups is 2. The first-order chi connectivity index (χ1) is 9.45. The van der Waals surface area contributed by atoms with Crippen molar-refractivity contribution in [1.29, 1.82) is 0 Å². The summed E-state index contributed by atoms with van der Waals surface area (Å²) in [7, 11) is 0. The summed E-state index contributed by atoms with van der Waals surface area (Å²) in [6.07, 6.45) is 0.104. The normalized spacial score (nSPS) is 21.5. The van der Waals surface area contributed by atoms with E-state index in [0.29, 0.717) is 24.4 Å². The molecule has 1 saturated heterocycles. The van der Waals surface area contributed by atoms with Gasteiger partial charge in [0.1, 0.15) is 12.2 Å². The Labute approximate surface area is 116 Å². The van der Waals surface area contributed by atoms with E-state index in [-0.39, 0.29) is 24.1 Å². The summed E-state index contributed by atoms with van der Waals surface area (Å²) in [5.41, 5.74) is 1.14. The molecule has 7 heteroatoms. The number of hydrogen-bond acceptors (Lipinski definition) is 5. The average Bonchev–Trinajstić information content (AvgIpc) is 2.97. The molecule has 7 nitrogen and oxygen atoms in total. The molecule has 108 valence electrons. The molecule has 2 heterocycles. The molecular weight excluding hydrogens is 262 g/mol. The van der Waals surface area contributed by atoms with Gasteiger partial charge < -0.3 is 14.8 Å². The van der Waals surface area contributed by atoms with Gasteiger partial charge in [0.05, 0.1) is 12.3 Å². The van der Waals surface area contributed by atoms with Crippen LogP contribution in [0.5, 0.6) is 0 Å². The number of anilines is 1. The molecule has 20 heavy (non-hydrogen) atoms. The number of hydrogen-bond donors (Lipinski definition) is 2. The Kier molecular flexibility index (Phi) is 4.19. The predicted octanol–water partition coefficient (Wildman–Crippen LogP) is 1.32. The second-order valence-corrected chi connectivity index (χ2v) is 4.73. The fraction of sp³-hybridized carbons (Fsp3) is 0.462. The fourth-order valence-electron chi connectivity index (χ4n) is 1.92. The van der Waals surface area contributed by atoms with Crippen LogP contribution in [0, 0.1) is 0 Å². The zero-order valence-electron chi connectivity index (χ0n) is 11.4. The number of aromatic amines is 1. The molecular formula is C13H17N3O4. The van der Waals surface area contributed by atoms with Gasteiger partial charge in [0.25, 0.3) is 5.91 Å². The second kappa shape index (κ2) is 5.87. The van der Waals surface area contributed by atoms with Gasteiger partial charge in [0.15, 0.2) is 5.82 Å². The minimum atomic E-state index is -0.321. The monoisotopic (exact) mass is 279 g/mol. The minimum absolute atomic E-state index is 0.220. The number of nitrogens with one attached hydrogen (secondary N) is 2. The molecule has 0 aromatic carbocycles. The highest BCUT2D eigenvalue weighted by atomic mass is 16.6. The highest BCUT2D eigenvalue weighted by molar-refractivity contribution is 6.02. The molecule has 2 unspecified atom stereocenters. The Morgan fingerprint density at radius 3 is 2.95 bits per heavy atom. The third-order valence-corrected chi connectivity index (χ3v) is 2.87. The second-order valence-electron chi connectivity index (χ2n) is 4.73. The number of ether oxygens (including phenoxy) is 2. The van der Waals surface area contributed by atoms with Gasteiger partial charge in [-0.3, -0.25) is 14.7 Å². The van der Waals surface area contributed by atoms with Crippen LogP contribution in [0.15, 0.2) is 18.2 Å². The van der Waals surface area contributed by atoms with E-state index in [2.05, 4.69) is 22.1 Å². The van der Waals surface area contributed by atoms with Crippen molar-refractivity contribution < 1.29 is 19.1 Å². The number of esters is 1. The van der Waals surface area contributed by atoms with Crippen molar-refractivity contribution in [3.63, 3.8) is 0 Å². The van der Waals surface area contributed by atoms with Crippen molar-refractivity contribution >= 4 is 17.7 Å². The van der Waals surface area contributed by atoms with Gasteiger partial charge in [0.2, 0.25) is 0 Å². The van der Waals surface area contributed by atoms with Crippen LogP contribution in [0.25, 0.3) is 0 Å². The van der Waals surface area contributed by atoms with Crippen LogP contribution >= 0.6 is 0 Å². The summed E-state index contributed by atoms with van der Waals surface area (Å²) in [5.74, 6) is -0.195. The fourth-order valence-corrected chi connectivity index (χ4v) is 1.92. The molecule has 1 aromatic heterocycles. The van der Waals surface area contributed by atoms with E-state index < -0.39 is 0 Å². The summed E-state index contributed by atoms with van der Waals surface area (Å²) < 4.78 is 10.6. The number of H-pyrrole nitrogens is 1. The zero-order valence-corrected chi connectivity index (χ0v) is 11.4. The summed E-state index contributed by atoms with van der Waals surface area (Å²) >= 11 is 0. The van der Waals surface area contributed by atoms with Crippen LogP contribution in [-0.4, -0.2) is 34.8 Å². The van der Waals surface area contributed by atoms with Crippen molar-refractivity contribution in [2.45, 2.75) is 32.5 Å². The van der Waals surface area contributed by atoms with E-state index in [1.54, 1.807) is 13.0 Å². The maximum absolute atomic E-state index is 11.5. The topological polar surface area (TPSA) is 93.3 Å². The quantitative estimate of drug-likeness (QED) is 0.640. The van der Waals surface area contributed by atoms with Crippen LogP contribution in [0.3, 0.4) is 0 Å². The largest absolute Gasteiger partial charge is 0.460 e. The third-order valence-electron chi connectivity index (χ3n) is 2.87. The first kappa shape index (κ1) is 14.3. The number of amides is 1. The Morgan fingerprint density at radius 1 is 1.55 bits per heavy atom. The number of carbonyl (C=O) groups excluding carboxylic acids is 2. The molecule has 2 N–H and O–H groups in total. The van der Waals surface area contributed by atoms with Crippen LogP contribution in [0.1, 0.15) is 32.1 Å². The number of rotatable bonds is 4. The van der Waals surface area contributed by atoms with Crippen LogP contribution < -0.4 is 5.32 Å². The van der Waals surface area contributed by atoms with Gasteiger partial charge in [-0.1, -0.05) is 6.58 Å².